The van der Waals surface area contributed by atoms with E-state index < -0.39 is 0 Å². The van der Waals surface area contributed by atoms with Crippen LogP contribution in [0.3, 0.4) is 0 Å². The third-order valence-electron chi connectivity index (χ3n) is 10.3. The molecule has 7 aromatic carbocycles. The van der Waals surface area contributed by atoms with Crippen LogP contribution in [-0.4, -0.2) is 9.13 Å². The fraction of sp³-hybridized carbons (Fsp3) is 0. The lowest BCUT2D eigenvalue weighted by Gasteiger charge is -2.10. The van der Waals surface area contributed by atoms with E-state index in [1.165, 1.54) is 54.7 Å². The summed E-state index contributed by atoms with van der Waals surface area (Å²) in [5.74, 6) is 0. The highest BCUT2D eigenvalue weighted by molar-refractivity contribution is 6.13. The molecule has 0 saturated heterocycles. The Morgan fingerprint density at radius 1 is 0.451 bits per heavy atom. The zero-order valence-electron chi connectivity index (χ0n) is 27.9. The highest BCUT2D eigenvalue weighted by Crippen LogP contribution is 2.39. The van der Waals surface area contributed by atoms with Crippen LogP contribution in [0.15, 0.2) is 187 Å². The summed E-state index contributed by atoms with van der Waals surface area (Å²) in [6.07, 6.45) is 5.66. The maximum atomic E-state index is 6.15. The average molecular weight is 653 g/mol. The molecule has 51 heavy (non-hydrogen) atoms. The van der Waals surface area contributed by atoms with Gasteiger partial charge in [-0.1, -0.05) is 110 Å². The minimum atomic E-state index is 0.902. The Hall–Kier alpha value is -6.84. The molecule has 0 amide bonds. The summed E-state index contributed by atoms with van der Waals surface area (Å²) in [7, 11) is 0. The minimum absolute atomic E-state index is 0.902. The summed E-state index contributed by atoms with van der Waals surface area (Å²) in [6.45, 7) is 7.84. The number of para-hydroxylation sites is 3. The zero-order valence-corrected chi connectivity index (χ0v) is 27.9. The molecule has 0 unspecified atom stereocenters. The molecule has 0 fully saturated rings. The smallest absolute Gasteiger partial charge is 0.135 e. The number of fused-ring (bicyclic) bond motifs is 9. The molecule has 0 aliphatic heterocycles. The van der Waals surface area contributed by atoms with Crippen LogP contribution < -0.4 is 0 Å². The number of rotatable bonds is 6. The second kappa shape index (κ2) is 11.4. The van der Waals surface area contributed by atoms with Gasteiger partial charge < -0.3 is 13.6 Å². The van der Waals surface area contributed by atoms with Crippen LogP contribution in [-0.2, 0) is 0 Å². The Morgan fingerprint density at radius 2 is 0.980 bits per heavy atom. The van der Waals surface area contributed by atoms with Crippen LogP contribution in [0.1, 0.15) is 5.56 Å². The predicted octanol–water partition coefficient (Wildman–Crippen LogP) is 13.2. The normalized spacial score (nSPS) is 12.2. The molecule has 0 bridgehead atoms. The number of allylic oxidation sites excluding steroid dienone is 4. The Kier molecular flexibility index (Phi) is 6.49. The van der Waals surface area contributed by atoms with Crippen LogP contribution in [0.25, 0.3) is 93.6 Å². The fourth-order valence-corrected chi connectivity index (χ4v) is 7.93. The summed E-state index contributed by atoms with van der Waals surface area (Å²) in [6, 6.07) is 54.6. The third kappa shape index (κ3) is 4.45. The molecule has 0 radical (unpaired) electrons. The van der Waals surface area contributed by atoms with E-state index in [0.29, 0.717) is 0 Å². The molecule has 0 aliphatic rings. The van der Waals surface area contributed by atoms with Crippen LogP contribution in [0.4, 0.5) is 0 Å². The van der Waals surface area contributed by atoms with Crippen molar-refractivity contribution < 1.29 is 4.42 Å². The van der Waals surface area contributed by atoms with E-state index in [2.05, 4.69) is 162 Å². The number of benzene rings is 7. The van der Waals surface area contributed by atoms with E-state index in [1.54, 1.807) is 6.08 Å². The molecule has 10 rings (SSSR count). The lowest BCUT2D eigenvalue weighted by atomic mass is 10.0. The molecule has 240 valence electrons. The van der Waals surface area contributed by atoms with Gasteiger partial charge in [0.1, 0.15) is 11.2 Å². The predicted molar refractivity (Wildman–Crippen MR) is 216 cm³/mol. The second-order valence-corrected chi connectivity index (χ2v) is 13.1. The first-order chi connectivity index (χ1) is 25.2. The van der Waals surface area contributed by atoms with Crippen molar-refractivity contribution in [2.24, 2.45) is 0 Å². The van der Waals surface area contributed by atoms with E-state index in [1.807, 2.05) is 24.3 Å². The molecule has 10 aromatic rings. The van der Waals surface area contributed by atoms with Gasteiger partial charge in [-0.3, -0.25) is 0 Å². The summed E-state index contributed by atoms with van der Waals surface area (Å²) < 4.78 is 10.9. The van der Waals surface area contributed by atoms with Crippen molar-refractivity contribution in [1.29, 1.82) is 0 Å². The van der Waals surface area contributed by atoms with Gasteiger partial charge >= 0.3 is 0 Å². The standard InChI is InChI=1S/C48H32N2O/c1-3-11-31(4-2)32-18-22-35(23-19-32)49-43-15-8-5-12-37(43)40-28-33(20-25-45(40)49)34-21-26-46-41(29-34)38-13-6-9-16-44(38)50(46)36-24-27-48-42(30-36)39-14-7-10-17-47(39)51-48/h3-30H,1-2H2/b31-11+. The number of furan rings is 1. The van der Waals surface area contributed by atoms with Gasteiger partial charge in [0, 0.05) is 43.7 Å². The lowest BCUT2D eigenvalue weighted by Crippen LogP contribution is -1.94. The Balaban J connectivity index is 1.12. The van der Waals surface area contributed by atoms with Crippen molar-refractivity contribution in [3.8, 4) is 22.5 Å². The first kappa shape index (κ1) is 29.1. The van der Waals surface area contributed by atoms with Gasteiger partial charge in [0.2, 0.25) is 0 Å². The molecule has 0 saturated carbocycles. The summed E-state index contributed by atoms with van der Waals surface area (Å²) >= 11 is 0. The molecular formula is C48H32N2O. The molecule has 0 aliphatic carbocycles. The molecule has 0 atom stereocenters. The van der Waals surface area contributed by atoms with Crippen LogP contribution in [0.5, 0.6) is 0 Å². The summed E-state index contributed by atoms with van der Waals surface area (Å²) in [5, 5.41) is 7.18. The average Bonchev–Trinajstić information content (AvgIpc) is 3.84. The Labute approximate surface area is 294 Å². The monoisotopic (exact) mass is 652 g/mol. The zero-order chi connectivity index (χ0) is 34.1. The van der Waals surface area contributed by atoms with Crippen molar-refractivity contribution in [3.63, 3.8) is 0 Å². The topological polar surface area (TPSA) is 23.0 Å². The van der Waals surface area contributed by atoms with Gasteiger partial charge in [-0.2, -0.15) is 0 Å². The number of nitrogens with zero attached hydrogens (tertiary/aromatic N) is 2. The van der Waals surface area contributed by atoms with E-state index in [4.69, 9.17) is 4.42 Å². The Morgan fingerprint density at radius 3 is 1.61 bits per heavy atom. The molecule has 3 nitrogen and oxygen atoms in total. The third-order valence-corrected chi connectivity index (χ3v) is 10.3. The van der Waals surface area contributed by atoms with Gasteiger partial charge in [0.25, 0.3) is 0 Å². The Bertz CT molecular complexity index is 3050. The SMILES string of the molecule is C=C/C=C(\C=C)c1ccc(-n2c3ccccc3c3cc(-c4ccc5c(c4)c4ccccc4n5-c4ccc5oc6ccccc6c5c4)ccc32)cc1. The van der Waals surface area contributed by atoms with E-state index >= 15 is 0 Å². The second-order valence-electron chi connectivity index (χ2n) is 13.1. The largest absolute Gasteiger partial charge is 0.456 e. The van der Waals surface area contributed by atoms with Gasteiger partial charge in [0.05, 0.1) is 22.1 Å². The van der Waals surface area contributed by atoms with E-state index in [9.17, 15) is 0 Å². The first-order valence-corrected chi connectivity index (χ1v) is 17.2. The van der Waals surface area contributed by atoms with E-state index in [-0.39, 0.29) is 0 Å². The van der Waals surface area contributed by atoms with Gasteiger partial charge in [-0.05, 0) is 95.1 Å². The molecule has 3 heterocycles. The molecule has 3 aromatic heterocycles. The maximum absolute atomic E-state index is 6.15. The van der Waals surface area contributed by atoms with Crippen molar-refractivity contribution in [2.45, 2.75) is 0 Å². The van der Waals surface area contributed by atoms with Crippen molar-refractivity contribution in [3.05, 3.63) is 189 Å². The number of hydrogen-bond donors (Lipinski definition) is 0. The molecular weight excluding hydrogens is 621 g/mol. The van der Waals surface area contributed by atoms with Crippen LogP contribution >= 0.6 is 0 Å². The highest BCUT2D eigenvalue weighted by atomic mass is 16.3. The highest BCUT2D eigenvalue weighted by Gasteiger charge is 2.17. The van der Waals surface area contributed by atoms with Gasteiger partial charge in [0.15, 0.2) is 0 Å². The van der Waals surface area contributed by atoms with Crippen molar-refractivity contribution >= 4 is 71.1 Å². The minimum Gasteiger partial charge on any atom is -0.456 e. The first-order valence-electron chi connectivity index (χ1n) is 17.2. The lowest BCUT2D eigenvalue weighted by molar-refractivity contribution is 0.669. The fourth-order valence-electron chi connectivity index (χ4n) is 7.93. The van der Waals surface area contributed by atoms with Crippen molar-refractivity contribution in [2.75, 3.05) is 0 Å². The molecule has 0 spiro atoms. The summed E-state index contributed by atoms with van der Waals surface area (Å²) in [4.78, 5) is 0. The van der Waals surface area contributed by atoms with Gasteiger partial charge in [-0.25, -0.2) is 0 Å². The van der Waals surface area contributed by atoms with E-state index in [0.717, 1.165) is 44.4 Å². The number of hydrogen-bond acceptors (Lipinski definition) is 1. The van der Waals surface area contributed by atoms with Crippen molar-refractivity contribution in [1.82, 2.24) is 9.13 Å². The maximum Gasteiger partial charge on any atom is 0.135 e. The van der Waals surface area contributed by atoms with Crippen LogP contribution in [0.2, 0.25) is 0 Å². The molecule has 3 heteroatoms. The van der Waals surface area contributed by atoms with Gasteiger partial charge in [-0.15, -0.1) is 0 Å². The van der Waals surface area contributed by atoms with Crippen LogP contribution in [0, 0.1) is 0 Å². The molecule has 0 N–H and O–H groups in total. The summed E-state index contributed by atoms with van der Waals surface area (Å²) in [5.41, 5.74) is 13.3. The quantitative estimate of drug-likeness (QED) is 0.164. The number of aromatic nitrogens is 2.